The first-order valence-corrected chi connectivity index (χ1v) is 6.57. The summed E-state index contributed by atoms with van der Waals surface area (Å²) in [5.74, 6) is 1.57. The van der Waals surface area contributed by atoms with Crippen molar-refractivity contribution in [1.82, 2.24) is 0 Å². The summed E-state index contributed by atoms with van der Waals surface area (Å²) in [4.78, 5) is 0. The molecule has 0 saturated carbocycles. The number of hydrogen-bond donors (Lipinski definition) is 0. The van der Waals surface area contributed by atoms with Gasteiger partial charge in [-0.25, -0.2) is 0 Å². The molecule has 0 aliphatic heterocycles. The lowest BCUT2D eigenvalue weighted by atomic mass is 10.0. The third-order valence-corrected chi connectivity index (χ3v) is 2.87. The van der Waals surface area contributed by atoms with Gasteiger partial charge in [0.25, 0.3) is 0 Å². The molecule has 0 bridgehead atoms. The van der Waals surface area contributed by atoms with E-state index in [4.69, 9.17) is 4.74 Å². The number of allylic oxidation sites excluding steroid dienone is 1. The molecule has 0 aliphatic carbocycles. The Balaban J connectivity index is 2.21. The van der Waals surface area contributed by atoms with Crippen molar-refractivity contribution in [2.24, 2.45) is 0 Å². The second kappa shape index (κ2) is 7.94. The summed E-state index contributed by atoms with van der Waals surface area (Å²) >= 11 is 0. The first-order chi connectivity index (χ1) is 8.24. The molecular formula is C16H24O. The summed E-state index contributed by atoms with van der Waals surface area (Å²) in [5.41, 5.74) is 1.36. The predicted octanol–water partition coefficient (Wildman–Crippen LogP) is 4.94. The topological polar surface area (TPSA) is 9.23 Å². The van der Waals surface area contributed by atoms with Crippen LogP contribution in [0.25, 0.3) is 0 Å². The van der Waals surface area contributed by atoms with E-state index in [0.717, 1.165) is 25.2 Å². The van der Waals surface area contributed by atoms with E-state index in [0.29, 0.717) is 5.92 Å². The van der Waals surface area contributed by atoms with Crippen LogP contribution >= 0.6 is 0 Å². The second-order valence-electron chi connectivity index (χ2n) is 4.71. The Hall–Kier alpha value is -1.24. The molecule has 0 amide bonds. The molecule has 1 heteroatoms. The average Bonchev–Trinajstić information content (AvgIpc) is 2.34. The van der Waals surface area contributed by atoms with Crippen LogP contribution in [0.15, 0.2) is 36.9 Å². The van der Waals surface area contributed by atoms with E-state index in [1.807, 2.05) is 6.08 Å². The van der Waals surface area contributed by atoms with Crippen LogP contribution in [0.2, 0.25) is 0 Å². The maximum absolute atomic E-state index is 5.70. The second-order valence-corrected chi connectivity index (χ2v) is 4.71. The van der Waals surface area contributed by atoms with E-state index in [1.165, 1.54) is 18.4 Å². The Morgan fingerprint density at radius 1 is 1.12 bits per heavy atom. The normalized spacial score (nSPS) is 10.5. The van der Waals surface area contributed by atoms with Crippen molar-refractivity contribution in [3.05, 3.63) is 42.5 Å². The third kappa shape index (κ3) is 5.58. The maximum atomic E-state index is 5.70. The zero-order valence-corrected chi connectivity index (χ0v) is 11.1. The van der Waals surface area contributed by atoms with Gasteiger partial charge in [0.1, 0.15) is 5.75 Å². The number of benzene rings is 1. The van der Waals surface area contributed by atoms with Gasteiger partial charge >= 0.3 is 0 Å². The molecule has 0 aromatic heterocycles. The van der Waals surface area contributed by atoms with Gasteiger partial charge < -0.3 is 4.74 Å². The van der Waals surface area contributed by atoms with Gasteiger partial charge in [-0.2, -0.15) is 0 Å². The average molecular weight is 232 g/mol. The molecule has 0 atom stereocenters. The molecule has 17 heavy (non-hydrogen) atoms. The molecular weight excluding hydrogens is 208 g/mol. The summed E-state index contributed by atoms with van der Waals surface area (Å²) in [6, 6.07) is 8.44. The van der Waals surface area contributed by atoms with Gasteiger partial charge in [-0.15, -0.1) is 6.58 Å². The highest BCUT2D eigenvalue weighted by atomic mass is 16.5. The lowest BCUT2D eigenvalue weighted by molar-refractivity contribution is 0.305. The predicted molar refractivity (Wildman–Crippen MR) is 74.7 cm³/mol. The van der Waals surface area contributed by atoms with Gasteiger partial charge in [0, 0.05) is 0 Å². The minimum absolute atomic E-state index is 0.586. The van der Waals surface area contributed by atoms with E-state index in [-0.39, 0.29) is 0 Å². The van der Waals surface area contributed by atoms with Gasteiger partial charge in [-0.1, -0.05) is 32.1 Å². The zero-order valence-electron chi connectivity index (χ0n) is 11.1. The van der Waals surface area contributed by atoms with Crippen LogP contribution in [0.4, 0.5) is 0 Å². The van der Waals surface area contributed by atoms with Crippen molar-refractivity contribution < 1.29 is 4.74 Å². The fraction of sp³-hybridized carbons (Fsp3) is 0.500. The fourth-order valence-electron chi connectivity index (χ4n) is 1.71. The molecule has 0 spiro atoms. The van der Waals surface area contributed by atoms with Gasteiger partial charge in [0.05, 0.1) is 6.61 Å². The van der Waals surface area contributed by atoms with Gasteiger partial charge in [-0.05, 0) is 49.3 Å². The zero-order chi connectivity index (χ0) is 12.5. The summed E-state index contributed by atoms with van der Waals surface area (Å²) in [5, 5.41) is 0. The standard InChI is InChI=1S/C16H24O/c1-4-5-6-7-8-13-17-16-11-9-15(10-12-16)14(2)3/h4,9-12,14H,1,5-8,13H2,2-3H3. The SMILES string of the molecule is C=CCCCCCOc1ccc(C(C)C)cc1. The van der Waals surface area contributed by atoms with E-state index in [1.54, 1.807) is 0 Å². The lowest BCUT2D eigenvalue weighted by Crippen LogP contribution is -1.97. The van der Waals surface area contributed by atoms with Gasteiger partial charge in [-0.3, -0.25) is 0 Å². The number of hydrogen-bond acceptors (Lipinski definition) is 1. The lowest BCUT2D eigenvalue weighted by Gasteiger charge is -2.08. The first kappa shape index (κ1) is 13.8. The molecule has 0 N–H and O–H groups in total. The number of ether oxygens (including phenoxy) is 1. The van der Waals surface area contributed by atoms with Crippen molar-refractivity contribution >= 4 is 0 Å². The summed E-state index contributed by atoms with van der Waals surface area (Å²) < 4.78 is 5.70. The van der Waals surface area contributed by atoms with Crippen LogP contribution in [0.3, 0.4) is 0 Å². The van der Waals surface area contributed by atoms with E-state index in [9.17, 15) is 0 Å². The first-order valence-electron chi connectivity index (χ1n) is 6.57. The molecule has 1 nitrogen and oxygen atoms in total. The van der Waals surface area contributed by atoms with Crippen LogP contribution in [0, 0.1) is 0 Å². The molecule has 0 aliphatic rings. The minimum atomic E-state index is 0.586. The highest BCUT2D eigenvalue weighted by Gasteiger charge is 1.99. The molecule has 1 rings (SSSR count). The number of unbranched alkanes of at least 4 members (excludes halogenated alkanes) is 3. The largest absolute Gasteiger partial charge is 0.494 e. The monoisotopic (exact) mass is 232 g/mol. The Morgan fingerprint density at radius 2 is 1.82 bits per heavy atom. The molecule has 0 fully saturated rings. The minimum Gasteiger partial charge on any atom is -0.494 e. The Kier molecular flexibility index (Phi) is 6.46. The van der Waals surface area contributed by atoms with Crippen molar-refractivity contribution in [2.75, 3.05) is 6.61 Å². The highest BCUT2D eigenvalue weighted by molar-refractivity contribution is 5.28. The van der Waals surface area contributed by atoms with E-state index in [2.05, 4.69) is 44.7 Å². The molecule has 1 aromatic rings. The molecule has 0 saturated heterocycles. The Morgan fingerprint density at radius 3 is 2.41 bits per heavy atom. The molecule has 0 heterocycles. The van der Waals surface area contributed by atoms with Crippen LogP contribution in [-0.2, 0) is 0 Å². The van der Waals surface area contributed by atoms with Crippen LogP contribution in [0.5, 0.6) is 5.75 Å². The van der Waals surface area contributed by atoms with Gasteiger partial charge in [0.15, 0.2) is 0 Å². The molecule has 1 aromatic carbocycles. The maximum Gasteiger partial charge on any atom is 0.119 e. The Labute approximate surface area is 106 Å². The van der Waals surface area contributed by atoms with Crippen LogP contribution < -0.4 is 4.74 Å². The van der Waals surface area contributed by atoms with Crippen molar-refractivity contribution in [2.45, 2.75) is 45.4 Å². The smallest absolute Gasteiger partial charge is 0.119 e. The van der Waals surface area contributed by atoms with Crippen LogP contribution in [0.1, 0.15) is 51.0 Å². The Bertz CT molecular complexity index is 311. The summed E-state index contributed by atoms with van der Waals surface area (Å²) in [6.45, 7) is 8.94. The van der Waals surface area contributed by atoms with Crippen LogP contribution in [-0.4, -0.2) is 6.61 Å². The highest BCUT2D eigenvalue weighted by Crippen LogP contribution is 2.18. The van der Waals surface area contributed by atoms with Crippen molar-refractivity contribution in [1.29, 1.82) is 0 Å². The fourth-order valence-corrected chi connectivity index (χ4v) is 1.71. The van der Waals surface area contributed by atoms with E-state index < -0.39 is 0 Å². The van der Waals surface area contributed by atoms with Crippen molar-refractivity contribution in [3.8, 4) is 5.75 Å². The quantitative estimate of drug-likeness (QED) is 0.456. The number of rotatable bonds is 8. The third-order valence-electron chi connectivity index (χ3n) is 2.87. The van der Waals surface area contributed by atoms with Gasteiger partial charge in [0.2, 0.25) is 0 Å². The summed E-state index contributed by atoms with van der Waals surface area (Å²) in [7, 11) is 0. The van der Waals surface area contributed by atoms with Crippen molar-refractivity contribution in [3.63, 3.8) is 0 Å². The molecule has 94 valence electrons. The molecule has 0 radical (unpaired) electrons. The summed E-state index contributed by atoms with van der Waals surface area (Å²) in [6.07, 6.45) is 6.66. The van der Waals surface area contributed by atoms with E-state index >= 15 is 0 Å². The molecule has 0 unspecified atom stereocenters.